The average Bonchev–Trinajstić information content (AvgIpc) is 3.03. The number of hydrogen-bond acceptors (Lipinski definition) is 6. The van der Waals surface area contributed by atoms with E-state index in [0.717, 1.165) is 31.2 Å². The molecule has 1 saturated heterocycles. The summed E-state index contributed by atoms with van der Waals surface area (Å²) in [5, 5.41) is 3.78. The number of nitrogens with zero attached hydrogens (tertiary/aromatic N) is 1. The number of nitrogens with one attached hydrogen (secondary N) is 1. The van der Waals surface area contributed by atoms with Gasteiger partial charge in [0.05, 0.1) is 12.4 Å². The van der Waals surface area contributed by atoms with Crippen LogP contribution >= 0.6 is 0 Å². The quantitative estimate of drug-likeness (QED) is 0.829. The number of hydrogen-bond donors (Lipinski definition) is 1. The molecule has 0 bridgehead atoms. The van der Waals surface area contributed by atoms with Gasteiger partial charge in [-0.15, -0.1) is 0 Å². The smallest absolute Gasteiger partial charge is 0.287 e. The molecule has 3 rings (SSSR count). The van der Waals surface area contributed by atoms with E-state index in [1.54, 1.807) is 0 Å². The highest BCUT2D eigenvalue weighted by Gasteiger charge is 2.28. The Morgan fingerprint density at radius 1 is 1.27 bits per heavy atom. The zero-order valence-electron chi connectivity index (χ0n) is 12.3. The summed E-state index contributed by atoms with van der Waals surface area (Å²) in [6.07, 6.45) is 5.20. The van der Waals surface area contributed by atoms with Gasteiger partial charge in [0.25, 0.3) is 5.91 Å². The van der Waals surface area contributed by atoms with Crippen LogP contribution in [0.5, 0.6) is 0 Å². The number of aryl methyl sites for hydroxylation is 1. The highest BCUT2D eigenvalue weighted by Crippen LogP contribution is 2.23. The normalized spacial score (nSPS) is 22.1. The molecule has 1 aliphatic heterocycles. The maximum atomic E-state index is 12.2. The van der Waals surface area contributed by atoms with Crippen molar-refractivity contribution in [2.75, 3.05) is 19.0 Å². The Morgan fingerprint density at radius 2 is 2.09 bits per heavy atom. The molecule has 1 aliphatic carbocycles. The third-order valence-corrected chi connectivity index (χ3v) is 5.55. The minimum atomic E-state index is -3.69. The number of ether oxygens (including phenoxy) is 1. The van der Waals surface area contributed by atoms with Gasteiger partial charge >= 0.3 is 0 Å². The van der Waals surface area contributed by atoms with E-state index in [1.165, 1.54) is 0 Å². The topological polar surface area (TPSA) is 98.5 Å². The van der Waals surface area contributed by atoms with Gasteiger partial charge in [0.2, 0.25) is 10.0 Å². The first kappa shape index (κ1) is 15.5. The lowest BCUT2D eigenvalue weighted by molar-refractivity contribution is 0.0971. The predicted molar refractivity (Wildman–Crippen MR) is 77.9 cm³/mol. The molecule has 1 unspecified atom stereocenters. The second-order valence-electron chi connectivity index (χ2n) is 5.94. The summed E-state index contributed by atoms with van der Waals surface area (Å²) in [7, 11) is -3.69. The minimum Gasteiger partial charge on any atom is -0.381 e. The van der Waals surface area contributed by atoms with Crippen molar-refractivity contribution in [1.29, 1.82) is 0 Å². The summed E-state index contributed by atoms with van der Waals surface area (Å²) in [6.45, 7) is 0.999. The number of fused-ring (bicyclic) bond motifs is 1. The van der Waals surface area contributed by atoms with Crippen LogP contribution in [0.25, 0.3) is 0 Å². The summed E-state index contributed by atoms with van der Waals surface area (Å²) >= 11 is 0. The van der Waals surface area contributed by atoms with Gasteiger partial charge in [0.15, 0.2) is 5.69 Å². The third kappa shape index (κ3) is 3.49. The van der Waals surface area contributed by atoms with Crippen LogP contribution in [0.4, 0.5) is 0 Å². The van der Waals surface area contributed by atoms with Crippen LogP contribution in [-0.2, 0) is 27.6 Å². The van der Waals surface area contributed by atoms with Crippen molar-refractivity contribution in [2.24, 2.45) is 5.92 Å². The minimum absolute atomic E-state index is 0.0558. The molecule has 0 saturated carbocycles. The largest absolute Gasteiger partial charge is 0.381 e. The summed E-state index contributed by atoms with van der Waals surface area (Å²) < 4.78 is 36.7. The molecule has 0 spiro atoms. The maximum Gasteiger partial charge on any atom is 0.287 e. The Balaban J connectivity index is 1.70. The Morgan fingerprint density at radius 3 is 2.86 bits per heavy atom. The molecule has 1 aromatic heterocycles. The lowest BCUT2D eigenvalue weighted by Gasteiger charge is -2.09. The van der Waals surface area contributed by atoms with Crippen LogP contribution in [0.2, 0.25) is 0 Å². The molecule has 8 heteroatoms. The summed E-state index contributed by atoms with van der Waals surface area (Å²) in [5.41, 5.74) is 0.873. The second kappa shape index (κ2) is 6.37. The van der Waals surface area contributed by atoms with Crippen LogP contribution in [0, 0.1) is 5.92 Å². The van der Waals surface area contributed by atoms with Crippen molar-refractivity contribution in [3.8, 4) is 0 Å². The molecular formula is C14H20N2O5S. The van der Waals surface area contributed by atoms with Crippen molar-refractivity contribution in [3.63, 3.8) is 0 Å². The molecule has 1 N–H and O–H groups in total. The second-order valence-corrected chi connectivity index (χ2v) is 7.70. The highest BCUT2D eigenvalue weighted by molar-refractivity contribution is 7.90. The fraction of sp³-hybridized carbons (Fsp3) is 0.714. The summed E-state index contributed by atoms with van der Waals surface area (Å²) in [6, 6.07) is 0. The molecule has 0 radical (unpaired) electrons. The van der Waals surface area contributed by atoms with Crippen LogP contribution < -0.4 is 4.72 Å². The van der Waals surface area contributed by atoms with E-state index in [0.29, 0.717) is 31.8 Å². The zero-order valence-corrected chi connectivity index (χ0v) is 13.2. The monoisotopic (exact) mass is 328 g/mol. The van der Waals surface area contributed by atoms with Crippen molar-refractivity contribution in [1.82, 2.24) is 9.88 Å². The third-order valence-electron chi connectivity index (χ3n) is 4.14. The lowest BCUT2D eigenvalue weighted by Crippen LogP contribution is -2.35. The Hall–Kier alpha value is -1.41. The van der Waals surface area contributed by atoms with E-state index >= 15 is 0 Å². The van der Waals surface area contributed by atoms with Gasteiger partial charge in [-0.25, -0.2) is 13.1 Å². The fourth-order valence-electron chi connectivity index (χ4n) is 3.00. The molecule has 1 amide bonds. The van der Waals surface area contributed by atoms with E-state index in [2.05, 4.69) is 9.88 Å². The number of rotatable bonds is 4. The Bertz CT molecular complexity index is 646. The Kier molecular flexibility index (Phi) is 4.49. The van der Waals surface area contributed by atoms with Gasteiger partial charge < -0.3 is 9.26 Å². The number of sulfonamides is 1. The molecule has 2 heterocycles. The van der Waals surface area contributed by atoms with Crippen molar-refractivity contribution >= 4 is 15.9 Å². The molecule has 22 heavy (non-hydrogen) atoms. The SMILES string of the molecule is O=C(NS(=O)(=O)CC1CCOC1)c1noc2c1CCCCC2. The van der Waals surface area contributed by atoms with Gasteiger partial charge in [-0.05, 0) is 25.7 Å². The lowest BCUT2D eigenvalue weighted by atomic mass is 10.1. The van der Waals surface area contributed by atoms with Crippen LogP contribution in [0.3, 0.4) is 0 Å². The predicted octanol–water partition coefficient (Wildman–Crippen LogP) is 1.04. The van der Waals surface area contributed by atoms with Crippen molar-refractivity contribution < 1.29 is 22.5 Å². The first-order valence-electron chi connectivity index (χ1n) is 7.65. The van der Waals surface area contributed by atoms with Crippen LogP contribution in [-0.4, -0.2) is 38.4 Å². The van der Waals surface area contributed by atoms with Gasteiger partial charge in [-0.1, -0.05) is 11.6 Å². The number of aromatic nitrogens is 1. The van der Waals surface area contributed by atoms with Crippen LogP contribution in [0.1, 0.15) is 47.5 Å². The first-order valence-corrected chi connectivity index (χ1v) is 9.30. The van der Waals surface area contributed by atoms with Gasteiger partial charge in [-0.2, -0.15) is 0 Å². The van der Waals surface area contributed by atoms with Gasteiger partial charge in [-0.3, -0.25) is 4.79 Å². The molecule has 1 atom stereocenters. The molecule has 2 aliphatic rings. The molecule has 1 aromatic rings. The van der Waals surface area contributed by atoms with Crippen molar-refractivity contribution in [2.45, 2.75) is 38.5 Å². The van der Waals surface area contributed by atoms with Gasteiger partial charge in [0.1, 0.15) is 5.76 Å². The summed E-state index contributed by atoms with van der Waals surface area (Å²) in [5.74, 6) is -0.131. The van der Waals surface area contributed by atoms with Gasteiger partial charge in [0, 0.05) is 24.5 Å². The van der Waals surface area contributed by atoms with E-state index in [-0.39, 0.29) is 17.4 Å². The molecule has 1 fully saturated rings. The van der Waals surface area contributed by atoms with Crippen molar-refractivity contribution in [3.05, 3.63) is 17.0 Å². The van der Waals surface area contributed by atoms with Crippen LogP contribution in [0.15, 0.2) is 4.52 Å². The van der Waals surface area contributed by atoms with E-state index < -0.39 is 15.9 Å². The van der Waals surface area contributed by atoms with E-state index in [1.807, 2.05) is 0 Å². The standard InChI is InChI=1S/C14H20N2O5S/c17-14(16-22(18,19)9-10-6-7-20-8-10)13-11-4-2-1-3-5-12(11)21-15-13/h10H,1-9H2,(H,16,17). The van der Waals surface area contributed by atoms with E-state index in [4.69, 9.17) is 9.26 Å². The number of carbonyl (C=O) groups is 1. The molecular weight excluding hydrogens is 308 g/mol. The molecule has 122 valence electrons. The number of amides is 1. The molecule has 7 nitrogen and oxygen atoms in total. The fourth-order valence-corrected chi connectivity index (χ4v) is 4.34. The highest BCUT2D eigenvalue weighted by atomic mass is 32.2. The first-order chi connectivity index (χ1) is 10.6. The summed E-state index contributed by atoms with van der Waals surface area (Å²) in [4.78, 5) is 12.2. The molecule has 0 aromatic carbocycles. The average molecular weight is 328 g/mol. The van der Waals surface area contributed by atoms with E-state index in [9.17, 15) is 13.2 Å². The Labute approximate surface area is 129 Å². The zero-order chi connectivity index (χ0) is 15.6. The number of carbonyl (C=O) groups excluding carboxylic acids is 1. The maximum absolute atomic E-state index is 12.2.